The molecule has 2 aromatic carbocycles. The first-order valence-electron chi connectivity index (χ1n) is 14.6. The predicted molar refractivity (Wildman–Crippen MR) is 171 cm³/mol. The van der Waals surface area contributed by atoms with Gasteiger partial charge in [-0.1, -0.05) is 30.1 Å². The molecule has 0 bridgehead atoms. The largest absolute Gasteiger partial charge is 0.573 e. The molecule has 0 saturated carbocycles. The van der Waals surface area contributed by atoms with Crippen LogP contribution in [0.4, 0.5) is 18.0 Å². The fourth-order valence-corrected chi connectivity index (χ4v) is 6.98. The van der Waals surface area contributed by atoms with Gasteiger partial charge in [-0.25, -0.2) is 18.0 Å². The Morgan fingerprint density at radius 1 is 1.13 bits per heavy atom. The Labute approximate surface area is 279 Å². The molecule has 4 rings (SSSR count). The molecule has 11 nitrogen and oxygen atoms in total. The lowest BCUT2D eigenvalue weighted by Crippen LogP contribution is -2.49. The van der Waals surface area contributed by atoms with Gasteiger partial charge in [0.2, 0.25) is 0 Å². The number of rotatable bonds is 8. The number of aromatic nitrogens is 2. The van der Waals surface area contributed by atoms with E-state index in [4.69, 9.17) is 27.9 Å². The van der Waals surface area contributed by atoms with Crippen molar-refractivity contribution in [3.8, 4) is 5.75 Å². The summed E-state index contributed by atoms with van der Waals surface area (Å²) >= 11 is 12.7. The standard InChI is InChI=1S/C30H35Cl2F3N4O7S/c1-6-47(43,44)23-10-9-18(31)12-17(23)14-39-26(40)20-13-22(45-30(33,34)35)21(24(32)25(20)36-27(39)41)16-38-11-7-8-19(15-38)37(5)28(42)46-29(2,3)4/h9-10,12-13,19H,6-8,11,14-16H2,1-5H3,(H,36,41)/t19-/m1/s1. The Bertz CT molecular complexity index is 1910. The topological polar surface area (TPSA) is 131 Å². The SMILES string of the molecule is CCS(=O)(=O)c1ccc(Cl)cc1Cn1c(=O)[nH]c2c(Cl)c(CN3CCC[C@@H](N(C)C(=O)OC(C)(C)C)C3)c(OC(F)(F)F)cc2c1=O. The maximum absolute atomic E-state index is 13.6. The monoisotopic (exact) mass is 722 g/mol. The number of benzene rings is 2. The van der Waals surface area contributed by atoms with E-state index < -0.39 is 51.4 Å². The van der Waals surface area contributed by atoms with E-state index in [1.165, 1.54) is 30.0 Å². The number of carbonyl (C=O) groups excluding carboxylic acids is 1. The minimum absolute atomic E-state index is 0.0387. The summed E-state index contributed by atoms with van der Waals surface area (Å²) in [6, 6.07) is 4.44. The maximum atomic E-state index is 13.6. The molecule has 1 atom stereocenters. The molecular weight excluding hydrogens is 688 g/mol. The van der Waals surface area contributed by atoms with Crippen LogP contribution in [0.2, 0.25) is 10.0 Å². The molecule has 47 heavy (non-hydrogen) atoms. The van der Waals surface area contributed by atoms with Crippen LogP contribution in [-0.4, -0.2) is 77.8 Å². The van der Waals surface area contributed by atoms with Gasteiger partial charge in [0.15, 0.2) is 9.84 Å². The van der Waals surface area contributed by atoms with Gasteiger partial charge in [0.05, 0.1) is 33.1 Å². The van der Waals surface area contributed by atoms with Crippen molar-refractivity contribution in [2.75, 3.05) is 25.9 Å². The second kappa shape index (κ2) is 13.7. The molecule has 2 heterocycles. The molecule has 1 N–H and O–H groups in total. The van der Waals surface area contributed by atoms with Gasteiger partial charge in [-0.3, -0.25) is 14.3 Å². The van der Waals surface area contributed by atoms with Crippen LogP contribution in [0, 0.1) is 0 Å². The molecule has 258 valence electrons. The Morgan fingerprint density at radius 2 is 1.81 bits per heavy atom. The number of likely N-dealkylation sites (tertiary alicyclic amines) is 1. The van der Waals surface area contributed by atoms with Crippen molar-refractivity contribution < 1.29 is 35.9 Å². The van der Waals surface area contributed by atoms with E-state index >= 15 is 0 Å². The van der Waals surface area contributed by atoms with Gasteiger partial charge in [0, 0.05) is 36.8 Å². The smallest absolute Gasteiger partial charge is 0.444 e. The zero-order chi connectivity index (χ0) is 35.1. The van der Waals surface area contributed by atoms with E-state index in [1.807, 2.05) is 0 Å². The summed E-state index contributed by atoms with van der Waals surface area (Å²) in [6.45, 7) is 6.66. The third kappa shape index (κ3) is 8.61. The highest BCUT2D eigenvalue weighted by molar-refractivity contribution is 7.91. The lowest BCUT2D eigenvalue weighted by atomic mass is 10.0. The molecule has 1 aliphatic rings. The normalized spacial score (nSPS) is 16.3. The first kappa shape index (κ1) is 36.6. The van der Waals surface area contributed by atoms with Gasteiger partial charge in [-0.05, 0) is 70.0 Å². The first-order valence-corrected chi connectivity index (χ1v) is 17.0. The number of hydrogen-bond acceptors (Lipinski definition) is 8. The number of hydrogen-bond donors (Lipinski definition) is 1. The first-order chi connectivity index (χ1) is 21.7. The Balaban J connectivity index is 1.76. The van der Waals surface area contributed by atoms with E-state index in [-0.39, 0.29) is 61.9 Å². The highest BCUT2D eigenvalue weighted by atomic mass is 35.5. The quantitative estimate of drug-likeness (QED) is 0.320. The Kier molecular flexibility index (Phi) is 10.6. The second-order valence-electron chi connectivity index (χ2n) is 12.2. The number of sulfone groups is 1. The van der Waals surface area contributed by atoms with Crippen molar-refractivity contribution in [2.24, 2.45) is 0 Å². The van der Waals surface area contributed by atoms with Gasteiger partial charge in [-0.15, -0.1) is 13.2 Å². The number of piperidine rings is 1. The van der Waals surface area contributed by atoms with Gasteiger partial charge in [0.25, 0.3) is 5.56 Å². The molecule has 0 radical (unpaired) electrons. The maximum Gasteiger partial charge on any atom is 0.573 e. The van der Waals surface area contributed by atoms with Crippen molar-refractivity contribution in [3.63, 3.8) is 0 Å². The molecule has 3 aromatic rings. The van der Waals surface area contributed by atoms with Crippen molar-refractivity contribution in [2.45, 2.75) is 76.5 Å². The molecule has 0 spiro atoms. The Hall–Kier alpha value is -3.27. The number of amides is 1. The van der Waals surface area contributed by atoms with Crippen LogP contribution in [0.5, 0.6) is 5.75 Å². The van der Waals surface area contributed by atoms with Crippen molar-refractivity contribution in [1.82, 2.24) is 19.4 Å². The summed E-state index contributed by atoms with van der Waals surface area (Å²) in [5.41, 5.74) is -3.03. The summed E-state index contributed by atoms with van der Waals surface area (Å²) < 4.78 is 76.7. The van der Waals surface area contributed by atoms with Gasteiger partial charge in [-0.2, -0.15) is 0 Å². The minimum Gasteiger partial charge on any atom is -0.444 e. The van der Waals surface area contributed by atoms with Gasteiger partial charge >= 0.3 is 18.1 Å². The van der Waals surface area contributed by atoms with Crippen molar-refractivity contribution in [1.29, 1.82) is 0 Å². The average molecular weight is 724 g/mol. The summed E-state index contributed by atoms with van der Waals surface area (Å²) in [5.74, 6) is -1.01. The zero-order valence-electron chi connectivity index (χ0n) is 26.3. The van der Waals surface area contributed by atoms with E-state index in [2.05, 4.69) is 9.72 Å². The van der Waals surface area contributed by atoms with Crippen LogP contribution in [0.1, 0.15) is 51.7 Å². The summed E-state index contributed by atoms with van der Waals surface area (Å²) in [6.07, 6.45) is -4.46. The Morgan fingerprint density at radius 3 is 2.43 bits per heavy atom. The van der Waals surface area contributed by atoms with Crippen LogP contribution in [0.25, 0.3) is 10.9 Å². The number of alkyl halides is 3. The van der Waals surface area contributed by atoms with E-state index in [1.54, 1.807) is 32.7 Å². The highest BCUT2D eigenvalue weighted by Gasteiger charge is 2.35. The van der Waals surface area contributed by atoms with Crippen molar-refractivity contribution >= 4 is 50.0 Å². The van der Waals surface area contributed by atoms with Crippen LogP contribution in [-0.2, 0) is 27.7 Å². The minimum atomic E-state index is -5.15. The van der Waals surface area contributed by atoms with Crippen LogP contribution in [0.15, 0.2) is 38.8 Å². The molecule has 1 fully saturated rings. The number of halogens is 5. The number of ether oxygens (including phenoxy) is 2. The molecule has 0 unspecified atom stereocenters. The van der Waals surface area contributed by atoms with E-state index in [9.17, 15) is 36.0 Å². The third-order valence-corrected chi connectivity index (χ3v) is 10.1. The van der Waals surface area contributed by atoms with Crippen LogP contribution < -0.4 is 16.0 Å². The van der Waals surface area contributed by atoms with Crippen molar-refractivity contribution in [3.05, 3.63) is 66.3 Å². The number of carbonyl (C=O) groups is 1. The predicted octanol–water partition coefficient (Wildman–Crippen LogP) is 5.57. The third-order valence-electron chi connectivity index (χ3n) is 7.66. The highest BCUT2D eigenvalue weighted by Crippen LogP contribution is 2.37. The fourth-order valence-electron chi connectivity index (χ4n) is 5.38. The summed E-state index contributed by atoms with van der Waals surface area (Å²) in [7, 11) is -2.21. The molecule has 1 aromatic heterocycles. The molecule has 0 aliphatic carbocycles. The van der Waals surface area contributed by atoms with E-state index in [0.29, 0.717) is 24.0 Å². The molecule has 17 heteroatoms. The second-order valence-corrected chi connectivity index (χ2v) is 15.3. The van der Waals surface area contributed by atoms with E-state index in [0.717, 1.165) is 6.07 Å². The number of likely N-dealkylation sites (N-methyl/N-ethyl adjacent to an activating group) is 1. The summed E-state index contributed by atoms with van der Waals surface area (Å²) in [5, 5.41) is -0.574. The number of aromatic amines is 1. The number of nitrogens with one attached hydrogen (secondary N) is 1. The van der Waals surface area contributed by atoms with Gasteiger partial charge < -0.3 is 19.4 Å². The zero-order valence-corrected chi connectivity index (χ0v) is 28.7. The fraction of sp³-hybridized carbons (Fsp3) is 0.500. The lowest BCUT2D eigenvalue weighted by Gasteiger charge is -2.38. The molecule has 1 aliphatic heterocycles. The molecular formula is C30H35Cl2F3N4O7S. The lowest BCUT2D eigenvalue weighted by molar-refractivity contribution is -0.274. The average Bonchev–Trinajstić information content (AvgIpc) is 2.96. The number of H-pyrrole nitrogens is 1. The summed E-state index contributed by atoms with van der Waals surface area (Å²) in [4.78, 5) is 45.1. The molecule has 1 amide bonds. The van der Waals surface area contributed by atoms with Gasteiger partial charge in [0.1, 0.15) is 11.4 Å². The number of fused-ring (bicyclic) bond motifs is 1. The number of nitrogens with zero attached hydrogens (tertiary/aromatic N) is 3. The van der Waals surface area contributed by atoms with Crippen LogP contribution in [0.3, 0.4) is 0 Å². The molecule has 1 saturated heterocycles. The van der Waals surface area contributed by atoms with Crippen LogP contribution >= 0.6 is 23.2 Å².